The van der Waals surface area contributed by atoms with E-state index in [-0.39, 0.29) is 23.5 Å². The van der Waals surface area contributed by atoms with Crippen molar-refractivity contribution in [3.05, 3.63) is 33.9 Å². The number of thiazole rings is 1. The molecule has 7 nitrogen and oxygen atoms in total. The van der Waals surface area contributed by atoms with Crippen LogP contribution in [0.15, 0.2) is 17.5 Å². The van der Waals surface area contributed by atoms with Crippen molar-refractivity contribution in [2.24, 2.45) is 0 Å². The van der Waals surface area contributed by atoms with E-state index in [2.05, 4.69) is 20.6 Å². The maximum absolute atomic E-state index is 12.2. The molecule has 0 aliphatic carbocycles. The van der Waals surface area contributed by atoms with Gasteiger partial charge in [-0.2, -0.15) is 0 Å². The Balaban J connectivity index is 2.05. The quantitative estimate of drug-likeness (QED) is 0.611. The second-order valence-electron chi connectivity index (χ2n) is 4.39. The first kappa shape index (κ1) is 17.2. The summed E-state index contributed by atoms with van der Waals surface area (Å²) in [5.41, 5.74) is 0.906. The topological polar surface area (TPSA) is 93.2 Å². The second-order valence-corrected chi connectivity index (χ2v) is 5.64. The lowest BCUT2D eigenvalue weighted by molar-refractivity contribution is -0.142. The maximum Gasteiger partial charge on any atom is 0.311 e. The number of carbonyl (C=O) groups excluding carboxylic acids is 2. The molecule has 0 spiro atoms. The van der Waals surface area contributed by atoms with E-state index in [4.69, 9.17) is 16.3 Å². The number of rotatable bonds is 6. The Kier molecular flexibility index (Phi) is 5.89. The van der Waals surface area contributed by atoms with Crippen LogP contribution in [-0.2, 0) is 16.0 Å². The Labute approximate surface area is 142 Å². The molecule has 0 unspecified atom stereocenters. The fourth-order valence-electron chi connectivity index (χ4n) is 1.73. The Morgan fingerprint density at radius 1 is 1.35 bits per heavy atom. The van der Waals surface area contributed by atoms with Crippen molar-refractivity contribution in [1.82, 2.24) is 9.97 Å². The molecule has 1 amide bonds. The van der Waals surface area contributed by atoms with E-state index in [1.807, 2.05) is 0 Å². The minimum absolute atomic E-state index is 0.0746. The van der Waals surface area contributed by atoms with Crippen LogP contribution in [0.3, 0.4) is 0 Å². The molecule has 0 aliphatic heterocycles. The van der Waals surface area contributed by atoms with Gasteiger partial charge in [0, 0.05) is 18.0 Å². The Morgan fingerprint density at radius 2 is 2.13 bits per heavy atom. The molecule has 0 radical (unpaired) electrons. The molecule has 0 fully saturated rings. The molecule has 0 aliphatic rings. The number of pyridine rings is 1. The number of amides is 1. The van der Waals surface area contributed by atoms with Crippen molar-refractivity contribution in [3.8, 4) is 0 Å². The van der Waals surface area contributed by atoms with E-state index in [1.54, 1.807) is 25.4 Å². The zero-order chi connectivity index (χ0) is 16.8. The number of hydrogen-bond donors (Lipinski definition) is 2. The highest BCUT2D eigenvalue weighted by molar-refractivity contribution is 7.14. The minimum Gasteiger partial charge on any atom is -0.466 e. The standard InChI is InChI=1S/C14H15ClN4O3S/c1-3-22-12(20)6-9-7-23-14(17-9)19-13(21)8-4-10(15)18-11(5-8)16-2/h4-5,7H,3,6H2,1-2H3,(H,16,18)(H,17,19,21). The smallest absolute Gasteiger partial charge is 0.311 e. The summed E-state index contributed by atoms with van der Waals surface area (Å²) >= 11 is 7.10. The van der Waals surface area contributed by atoms with Crippen molar-refractivity contribution >= 4 is 45.8 Å². The third-order valence-corrected chi connectivity index (χ3v) is 3.72. The van der Waals surface area contributed by atoms with Crippen molar-refractivity contribution in [3.63, 3.8) is 0 Å². The summed E-state index contributed by atoms with van der Waals surface area (Å²) in [5.74, 6) is -0.220. The summed E-state index contributed by atoms with van der Waals surface area (Å²) < 4.78 is 4.85. The van der Waals surface area contributed by atoms with E-state index in [9.17, 15) is 9.59 Å². The molecule has 0 bridgehead atoms. The van der Waals surface area contributed by atoms with E-state index in [0.29, 0.717) is 28.8 Å². The van der Waals surface area contributed by atoms with Crippen LogP contribution >= 0.6 is 22.9 Å². The largest absolute Gasteiger partial charge is 0.466 e. The molecule has 23 heavy (non-hydrogen) atoms. The molecule has 0 saturated heterocycles. The van der Waals surface area contributed by atoms with E-state index >= 15 is 0 Å². The number of carbonyl (C=O) groups is 2. The summed E-state index contributed by atoms with van der Waals surface area (Å²) in [7, 11) is 1.68. The SMILES string of the molecule is CCOC(=O)Cc1csc(NC(=O)c2cc(Cl)nc(NC)c2)n1. The normalized spacial score (nSPS) is 10.2. The van der Waals surface area contributed by atoms with Gasteiger partial charge in [0.2, 0.25) is 0 Å². The molecule has 2 heterocycles. The fourth-order valence-corrected chi connectivity index (χ4v) is 2.64. The van der Waals surface area contributed by atoms with Gasteiger partial charge in [0.1, 0.15) is 11.0 Å². The van der Waals surface area contributed by atoms with Crippen molar-refractivity contribution in [1.29, 1.82) is 0 Å². The lowest BCUT2D eigenvalue weighted by Crippen LogP contribution is -2.13. The molecule has 0 saturated carbocycles. The predicted molar refractivity (Wildman–Crippen MR) is 89.2 cm³/mol. The van der Waals surface area contributed by atoms with Gasteiger partial charge in [0.05, 0.1) is 18.7 Å². The lowest BCUT2D eigenvalue weighted by atomic mass is 10.2. The summed E-state index contributed by atoms with van der Waals surface area (Å²) in [6, 6.07) is 3.04. The van der Waals surface area contributed by atoms with Crippen LogP contribution in [0.4, 0.5) is 10.9 Å². The van der Waals surface area contributed by atoms with Gasteiger partial charge >= 0.3 is 5.97 Å². The molecule has 0 aromatic carbocycles. The third-order valence-electron chi connectivity index (χ3n) is 2.72. The summed E-state index contributed by atoms with van der Waals surface area (Å²) in [5, 5.41) is 7.80. The first-order chi connectivity index (χ1) is 11.0. The Bertz CT molecular complexity index is 720. The van der Waals surface area contributed by atoms with E-state index < -0.39 is 0 Å². The highest BCUT2D eigenvalue weighted by atomic mass is 35.5. The number of esters is 1. The van der Waals surface area contributed by atoms with Crippen LogP contribution in [0.2, 0.25) is 5.15 Å². The third kappa shape index (κ3) is 4.90. The van der Waals surface area contributed by atoms with Gasteiger partial charge in [-0.3, -0.25) is 14.9 Å². The highest BCUT2D eigenvalue weighted by Gasteiger charge is 2.13. The number of nitrogens with zero attached hydrogens (tertiary/aromatic N) is 2. The second kappa shape index (κ2) is 7.89. The Hall–Kier alpha value is -2.19. The first-order valence-electron chi connectivity index (χ1n) is 6.78. The first-order valence-corrected chi connectivity index (χ1v) is 8.04. The van der Waals surface area contributed by atoms with Gasteiger partial charge in [-0.15, -0.1) is 11.3 Å². The van der Waals surface area contributed by atoms with Gasteiger partial charge in [-0.1, -0.05) is 11.6 Å². The molecule has 2 aromatic rings. The molecule has 2 N–H and O–H groups in total. The molecule has 2 aromatic heterocycles. The number of halogens is 1. The minimum atomic E-state index is -0.358. The number of ether oxygens (including phenoxy) is 1. The monoisotopic (exact) mass is 354 g/mol. The van der Waals surface area contributed by atoms with Crippen LogP contribution in [0.1, 0.15) is 23.0 Å². The van der Waals surface area contributed by atoms with Crippen LogP contribution in [-0.4, -0.2) is 35.5 Å². The van der Waals surface area contributed by atoms with Gasteiger partial charge in [0.25, 0.3) is 5.91 Å². The highest BCUT2D eigenvalue weighted by Crippen LogP contribution is 2.19. The van der Waals surface area contributed by atoms with Crippen molar-refractivity contribution in [2.45, 2.75) is 13.3 Å². The molecule has 0 atom stereocenters. The molecular weight excluding hydrogens is 340 g/mol. The van der Waals surface area contributed by atoms with Crippen LogP contribution < -0.4 is 10.6 Å². The number of anilines is 2. The summed E-state index contributed by atoms with van der Waals surface area (Å²) in [4.78, 5) is 31.8. The van der Waals surface area contributed by atoms with E-state index in [1.165, 1.54) is 17.4 Å². The van der Waals surface area contributed by atoms with Crippen molar-refractivity contribution < 1.29 is 14.3 Å². The number of aromatic nitrogens is 2. The molecule has 122 valence electrons. The van der Waals surface area contributed by atoms with Gasteiger partial charge in [0.15, 0.2) is 5.13 Å². The summed E-state index contributed by atoms with van der Waals surface area (Å²) in [6.07, 6.45) is 0.0746. The molecule has 9 heteroatoms. The molecule has 2 rings (SSSR count). The number of nitrogens with one attached hydrogen (secondary N) is 2. The predicted octanol–water partition coefficient (Wildman–Crippen LogP) is 2.59. The average Bonchev–Trinajstić information content (AvgIpc) is 2.93. The van der Waals surface area contributed by atoms with Crippen LogP contribution in [0.5, 0.6) is 0 Å². The maximum atomic E-state index is 12.2. The van der Waals surface area contributed by atoms with E-state index in [0.717, 1.165) is 0 Å². The fraction of sp³-hybridized carbons (Fsp3) is 0.286. The number of hydrogen-bond acceptors (Lipinski definition) is 7. The average molecular weight is 355 g/mol. The molecular formula is C14H15ClN4O3S. The lowest BCUT2D eigenvalue weighted by Gasteiger charge is -2.05. The van der Waals surface area contributed by atoms with Crippen LogP contribution in [0.25, 0.3) is 0 Å². The zero-order valence-corrected chi connectivity index (χ0v) is 14.1. The van der Waals surface area contributed by atoms with Crippen molar-refractivity contribution in [2.75, 3.05) is 24.3 Å². The van der Waals surface area contributed by atoms with Gasteiger partial charge in [-0.05, 0) is 19.1 Å². The van der Waals surface area contributed by atoms with Gasteiger partial charge < -0.3 is 10.1 Å². The zero-order valence-electron chi connectivity index (χ0n) is 12.6. The Morgan fingerprint density at radius 3 is 2.83 bits per heavy atom. The summed E-state index contributed by atoms with van der Waals surface area (Å²) in [6.45, 7) is 2.06. The van der Waals surface area contributed by atoms with Gasteiger partial charge in [-0.25, -0.2) is 9.97 Å². The van der Waals surface area contributed by atoms with Crippen LogP contribution in [0, 0.1) is 0 Å².